The number of nitrogens with one attached hydrogen (secondary N) is 1. The fourth-order valence-electron chi connectivity index (χ4n) is 3.58. The number of piperidine rings is 1. The van der Waals surface area contributed by atoms with Crippen LogP contribution in [-0.4, -0.2) is 42.2 Å². The molecule has 1 amide bonds. The summed E-state index contributed by atoms with van der Waals surface area (Å²) in [7, 11) is 0. The van der Waals surface area contributed by atoms with Gasteiger partial charge in [-0.05, 0) is 55.7 Å². The van der Waals surface area contributed by atoms with Crippen LogP contribution in [0.1, 0.15) is 42.6 Å². The molecule has 1 fully saturated rings. The van der Waals surface area contributed by atoms with Gasteiger partial charge in [-0.3, -0.25) is 4.79 Å². The predicted molar refractivity (Wildman–Crippen MR) is 100 cm³/mol. The molecular formula is C18H27ClN2OS. The summed E-state index contributed by atoms with van der Waals surface area (Å²) in [5, 5.41) is 3.41. The van der Waals surface area contributed by atoms with E-state index in [2.05, 4.69) is 41.4 Å². The van der Waals surface area contributed by atoms with Crippen LogP contribution in [0.5, 0.6) is 0 Å². The number of carbonyl (C=O) groups excluding carboxylic acids is 1. The first-order valence-electron chi connectivity index (χ1n) is 8.52. The fraction of sp³-hybridized carbons (Fsp3) is 0.611. The van der Waals surface area contributed by atoms with Crippen molar-refractivity contribution in [3.63, 3.8) is 0 Å². The molecule has 1 atom stereocenters. The Morgan fingerprint density at radius 1 is 1.30 bits per heavy atom. The molecule has 1 aromatic rings. The minimum atomic E-state index is 0. The summed E-state index contributed by atoms with van der Waals surface area (Å²) >= 11 is 1.83. The molecule has 0 saturated carbocycles. The number of thioether (sulfide) groups is 1. The van der Waals surface area contributed by atoms with E-state index < -0.39 is 0 Å². The highest BCUT2D eigenvalue weighted by molar-refractivity contribution is 8.00. The van der Waals surface area contributed by atoms with Crippen molar-refractivity contribution in [3.05, 3.63) is 35.4 Å². The van der Waals surface area contributed by atoms with Crippen molar-refractivity contribution in [3.8, 4) is 0 Å². The first-order valence-corrected chi connectivity index (χ1v) is 9.56. The average Bonchev–Trinajstić information content (AvgIpc) is 2.59. The maximum absolute atomic E-state index is 13.2. The second kappa shape index (κ2) is 8.95. The van der Waals surface area contributed by atoms with Crippen LogP contribution >= 0.6 is 24.2 Å². The van der Waals surface area contributed by atoms with E-state index in [4.69, 9.17) is 0 Å². The molecule has 1 N–H and O–H groups in total. The number of fused-ring (bicyclic) bond motifs is 1. The van der Waals surface area contributed by atoms with E-state index in [0.717, 1.165) is 51.1 Å². The van der Waals surface area contributed by atoms with Gasteiger partial charge in [-0.2, -0.15) is 0 Å². The molecule has 1 aromatic carbocycles. The molecule has 128 valence electrons. The van der Waals surface area contributed by atoms with Gasteiger partial charge in [0.1, 0.15) is 5.25 Å². The first kappa shape index (κ1) is 18.6. The molecule has 0 bridgehead atoms. The Kier molecular flexibility index (Phi) is 7.25. The second-order valence-electron chi connectivity index (χ2n) is 6.21. The molecule has 5 heteroatoms. The van der Waals surface area contributed by atoms with Crippen LogP contribution in [0.4, 0.5) is 0 Å². The lowest BCUT2D eigenvalue weighted by molar-refractivity contribution is -0.133. The van der Waals surface area contributed by atoms with Crippen LogP contribution in [0.3, 0.4) is 0 Å². The lowest BCUT2D eigenvalue weighted by Gasteiger charge is -2.37. The molecule has 0 aliphatic carbocycles. The lowest BCUT2D eigenvalue weighted by atomic mass is 9.99. The Bertz CT molecular complexity index is 519. The molecule has 3 rings (SSSR count). The van der Waals surface area contributed by atoms with E-state index in [0.29, 0.717) is 11.9 Å². The Hall–Kier alpha value is -0.710. The third kappa shape index (κ3) is 4.23. The number of carbonyl (C=O) groups is 1. The lowest BCUT2D eigenvalue weighted by Crippen LogP contribution is -2.48. The predicted octanol–water partition coefficient (Wildman–Crippen LogP) is 3.43. The normalized spacial score (nSPS) is 21.2. The zero-order valence-corrected chi connectivity index (χ0v) is 15.4. The fourth-order valence-corrected chi connectivity index (χ4v) is 4.84. The molecule has 0 spiro atoms. The monoisotopic (exact) mass is 354 g/mol. The maximum Gasteiger partial charge on any atom is 0.240 e. The summed E-state index contributed by atoms with van der Waals surface area (Å²) in [5.41, 5.74) is 2.61. The number of benzene rings is 1. The number of hydrogen-bond acceptors (Lipinski definition) is 3. The Balaban J connectivity index is 0.00000192. The number of amides is 1. The molecular weight excluding hydrogens is 328 g/mol. The van der Waals surface area contributed by atoms with E-state index in [9.17, 15) is 4.79 Å². The molecule has 0 radical (unpaired) electrons. The summed E-state index contributed by atoms with van der Waals surface area (Å²) in [6, 6.07) is 8.91. The minimum absolute atomic E-state index is 0. The number of aryl methyl sites for hydroxylation is 1. The molecule has 23 heavy (non-hydrogen) atoms. The van der Waals surface area contributed by atoms with Gasteiger partial charge in [0.15, 0.2) is 0 Å². The Morgan fingerprint density at radius 3 is 2.78 bits per heavy atom. The van der Waals surface area contributed by atoms with Crippen molar-refractivity contribution < 1.29 is 4.79 Å². The molecule has 2 heterocycles. The van der Waals surface area contributed by atoms with Gasteiger partial charge >= 0.3 is 0 Å². The van der Waals surface area contributed by atoms with Gasteiger partial charge in [0.25, 0.3) is 0 Å². The van der Waals surface area contributed by atoms with E-state index in [1.54, 1.807) is 0 Å². The van der Waals surface area contributed by atoms with E-state index >= 15 is 0 Å². The van der Waals surface area contributed by atoms with Gasteiger partial charge in [-0.25, -0.2) is 0 Å². The summed E-state index contributed by atoms with van der Waals surface area (Å²) < 4.78 is 0. The zero-order chi connectivity index (χ0) is 15.4. The largest absolute Gasteiger partial charge is 0.338 e. The summed E-state index contributed by atoms with van der Waals surface area (Å²) in [4.78, 5) is 15.4. The zero-order valence-electron chi connectivity index (χ0n) is 13.8. The van der Waals surface area contributed by atoms with Crippen LogP contribution in [0.25, 0.3) is 0 Å². The van der Waals surface area contributed by atoms with Crippen LogP contribution < -0.4 is 5.32 Å². The van der Waals surface area contributed by atoms with Gasteiger partial charge in [-0.15, -0.1) is 24.2 Å². The van der Waals surface area contributed by atoms with E-state index in [-0.39, 0.29) is 17.7 Å². The maximum atomic E-state index is 13.2. The molecule has 1 saturated heterocycles. The molecule has 3 nitrogen and oxygen atoms in total. The third-order valence-corrected chi connectivity index (χ3v) is 5.94. The number of hydrogen-bond donors (Lipinski definition) is 1. The van der Waals surface area contributed by atoms with Crippen molar-refractivity contribution in [1.29, 1.82) is 0 Å². The van der Waals surface area contributed by atoms with E-state index in [1.165, 1.54) is 11.1 Å². The SMILES string of the molecule is CCCN(C(=O)C1SCCc2ccccc21)C1CCNCC1.Cl. The van der Waals surface area contributed by atoms with Gasteiger partial charge in [0, 0.05) is 12.6 Å². The standard InChI is InChI=1S/C18H26N2OS.ClH/c1-2-12-20(15-7-10-19-11-8-15)18(21)17-16-6-4-3-5-14(16)9-13-22-17;/h3-6,15,17,19H,2,7-13H2,1H3;1H. The van der Waals surface area contributed by atoms with Crippen LogP contribution in [-0.2, 0) is 11.2 Å². The van der Waals surface area contributed by atoms with Crippen molar-refractivity contribution in [1.82, 2.24) is 10.2 Å². The topological polar surface area (TPSA) is 32.3 Å². The number of rotatable bonds is 4. The molecule has 2 aliphatic rings. The van der Waals surface area contributed by atoms with Crippen molar-refractivity contribution in [2.45, 2.75) is 43.9 Å². The van der Waals surface area contributed by atoms with Crippen LogP contribution in [0.2, 0.25) is 0 Å². The molecule has 0 aromatic heterocycles. The first-order chi connectivity index (χ1) is 10.8. The Labute approximate surface area is 150 Å². The summed E-state index contributed by atoms with van der Waals surface area (Å²) in [5.74, 6) is 1.39. The van der Waals surface area contributed by atoms with E-state index in [1.807, 2.05) is 11.8 Å². The number of halogens is 1. The van der Waals surface area contributed by atoms with Crippen molar-refractivity contribution >= 4 is 30.1 Å². The highest BCUT2D eigenvalue weighted by Gasteiger charge is 2.33. The van der Waals surface area contributed by atoms with Crippen LogP contribution in [0.15, 0.2) is 24.3 Å². The van der Waals surface area contributed by atoms with Gasteiger partial charge < -0.3 is 10.2 Å². The average molecular weight is 355 g/mol. The highest BCUT2D eigenvalue weighted by Crippen LogP contribution is 2.38. The van der Waals surface area contributed by atoms with Gasteiger partial charge in [0.05, 0.1) is 0 Å². The summed E-state index contributed by atoms with van der Waals surface area (Å²) in [6.07, 6.45) is 4.30. The smallest absolute Gasteiger partial charge is 0.240 e. The quantitative estimate of drug-likeness (QED) is 0.899. The van der Waals surface area contributed by atoms with Crippen LogP contribution in [0, 0.1) is 0 Å². The van der Waals surface area contributed by atoms with Gasteiger partial charge in [0.2, 0.25) is 5.91 Å². The Morgan fingerprint density at radius 2 is 2.04 bits per heavy atom. The molecule has 2 aliphatic heterocycles. The summed E-state index contributed by atoms with van der Waals surface area (Å²) in [6.45, 7) is 5.13. The molecule has 1 unspecified atom stereocenters. The van der Waals surface area contributed by atoms with Crippen molar-refractivity contribution in [2.24, 2.45) is 0 Å². The minimum Gasteiger partial charge on any atom is -0.338 e. The second-order valence-corrected chi connectivity index (χ2v) is 7.43. The highest BCUT2D eigenvalue weighted by atomic mass is 35.5. The van der Waals surface area contributed by atoms with Gasteiger partial charge in [-0.1, -0.05) is 31.2 Å². The third-order valence-electron chi connectivity index (χ3n) is 4.71. The van der Waals surface area contributed by atoms with Crippen molar-refractivity contribution in [2.75, 3.05) is 25.4 Å². The number of nitrogens with zero attached hydrogens (tertiary/aromatic N) is 1.